The quantitative estimate of drug-likeness (QED) is 0.616. The molecule has 2 amide bonds. The highest BCUT2D eigenvalue weighted by Crippen LogP contribution is 2.23. The summed E-state index contributed by atoms with van der Waals surface area (Å²) in [6, 6.07) is 20.8. The molecule has 0 aliphatic rings. The fraction of sp³-hybridized carbons (Fsp3) is 0.250. The van der Waals surface area contributed by atoms with Crippen LogP contribution in [0.25, 0.3) is 0 Å². The maximum atomic E-state index is 13.2. The number of carbonyl (C=O) groups is 2. The highest BCUT2D eigenvalue weighted by atomic mass is 16.3. The Balaban J connectivity index is 1.70. The van der Waals surface area contributed by atoms with E-state index in [1.807, 2.05) is 74.5 Å². The number of aryl methyl sites for hydroxylation is 1. The van der Waals surface area contributed by atoms with Gasteiger partial charge in [-0.15, -0.1) is 0 Å². The van der Waals surface area contributed by atoms with Gasteiger partial charge in [0.15, 0.2) is 0 Å². The van der Waals surface area contributed by atoms with Crippen molar-refractivity contribution in [2.75, 3.05) is 6.54 Å². The Hall–Kier alpha value is -3.34. The van der Waals surface area contributed by atoms with E-state index in [4.69, 9.17) is 4.42 Å². The molecule has 1 unspecified atom stereocenters. The van der Waals surface area contributed by atoms with Crippen LogP contribution >= 0.6 is 0 Å². The molecule has 0 spiro atoms. The van der Waals surface area contributed by atoms with Gasteiger partial charge in [-0.25, -0.2) is 0 Å². The fourth-order valence-corrected chi connectivity index (χ4v) is 3.15. The van der Waals surface area contributed by atoms with Crippen molar-refractivity contribution in [2.24, 2.45) is 0 Å². The summed E-state index contributed by atoms with van der Waals surface area (Å²) in [7, 11) is 0. The van der Waals surface area contributed by atoms with Crippen molar-refractivity contribution in [2.45, 2.75) is 32.9 Å². The molecule has 0 aliphatic carbocycles. The molecule has 1 aromatic heterocycles. The summed E-state index contributed by atoms with van der Waals surface area (Å²) in [5.74, 6) is 0.493. The first kappa shape index (κ1) is 20.4. The SMILES string of the molecule is Cc1ccc(C(=O)N(CCC(=O)NCc2ccco2)C(C)c2ccccc2)cc1. The molecule has 2 aromatic carbocycles. The van der Waals surface area contributed by atoms with Crippen molar-refractivity contribution < 1.29 is 14.0 Å². The molecule has 29 heavy (non-hydrogen) atoms. The Labute approximate surface area is 171 Å². The second-order valence-corrected chi connectivity index (χ2v) is 7.06. The normalized spacial score (nSPS) is 11.7. The number of nitrogens with one attached hydrogen (secondary N) is 1. The van der Waals surface area contributed by atoms with Gasteiger partial charge in [0, 0.05) is 18.5 Å². The van der Waals surface area contributed by atoms with Gasteiger partial charge in [-0.3, -0.25) is 9.59 Å². The van der Waals surface area contributed by atoms with E-state index in [2.05, 4.69) is 5.32 Å². The number of amides is 2. The minimum atomic E-state index is -0.150. The predicted molar refractivity (Wildman–Crippen MR) is 112 cm³/mol. The van der Waals surface area contributed by atoms with Crippen molar-refractivity contribution in [1.29, 1.82) is 0 Å². The highest BCUT2D eigenvalue weighted by molar-refractivity contribution is 5.94. The third-order valence-electron chi connectivity index (χ3n) is 4.93. The van der Waals surface area contributed by atoms with Crippen molar-refractivity contribution in [3.63, 3.8) is 0 Å². The highest BCUT2D eigenvalue weighted by Gasteiger charge is 2.23. The van der Waals surface area contributed by atoms with Gasteiger partial charge in [0.2, 0.25) is 5.91 Å². The molecule has 3 rings (SSSR count). The fourth-order valence-electron chi connectivity index (χ4n) is 3.15. The molecule has 5 heteroatoms. The number of hydrogen-bond acceptors (Lipinski definition) is 3. The lowest BCUT2D eigenvalue weighted by Crippen LogP contribution is -2.37. The van der Waals surface area contributed by atoms with Crippen LogP contribution in [0.5, 0.6) is 0 Å². The monoisotopic (exact) mass is 390 g/mol. The van der Waals surface area contributed by atoms with Gasteiger partial charge in [-0.05, 0) is 43.7 Å². The smallest absolute Gasteiger partial charge is 0.254 e. The molecule has 0 saturated heterocycles. The molecule has 0 bridgehead atoms. The number of furan rings is 1. The van der Waals surface area contributed by atoms with Crippen molar-refractivity contribution in [1.82, 2.24) is 10.2 Å². The van der Waals surface area contributed by atoms with E-state index >= 15 is 0 Å². The van der Waals surface area contributed by atoms with Gasteiger partial charge in [0.1, 0.15) is 5.76 Å². The van der Waals surface area contributed by atoms with Crippen molar-refractivity contribution >= 4 is 11.8 Å². The average Bonchev–Trinajstić information content (AvgIpc) is 3.27. The minimum absolute atomic E-state index is 0.0832. The second-order valence-electron chi connectivity index (χ2n) is 7.06. The number of nitrogens with zero attached hydrogens (tertiary/aromatic N) is 1. The molecule has 5 nitrogen and oxygen atoms in total. The molecule has 0 radical (unpaired) electrons. The van der Waals surface area contributed by atoms with E-state index in [0.29, 0.717) is 24.4 Å². The maximum absolute atomic E-state index is 13.2. The number of carbonyl (C=O) groups excluding carboxylic acids is 2. The van der Waals surface area contributed by atoms with Crippen LogP contribution in [0.3, 0.4) is 0 Å². The summed E-state index contributed by atoms with van der Waals surface area (Å²) in [6.45, 7) is 4.64. The van der Waals surface area contributed by atoms with Gasteiger partial charge in [0.25, 0.3) is 5.91 Å². The Morgan fingerprint density at radius 3 is 2.38 bits per heavy atom. The Morgan fingerprint density at radius 1 is 1.00 bits per heavy atom. The Bertz CT molecular complexity index is 919. The van der Waals surface area contributed by atoms with E-state index in [-0.39, 0.29) is 24.3 Å². The van der Waals surface area contributed by atoms with E-state index in [9.17, 15) is 9.59 Å². The summed E-state index contributed by atoms with van der Waals surface area (Å²) in [5.41, 5.74) is 2.75. The maximum Gasteiger partial charge on any atom is 0.254 e. The van der Waals surface area contributed by atoms with Crippen LogP contribution in [0.1, 0.15) is 46.6 Å². The van der Waals surface area contributed by atoms with E-state index in [1.165, 1.54) is 0 Å². The molecule has 1 N–H and O–H groups in total. The third-order valence-corrected chi connectivity index (χ3v) is 4.93. The molecule has 150 valence electrons. The zero-order valence-electron chi connectivity index (χ0n) is 16.8. The van der Waals surface area contributed by atoms with E-state index in [1.54, 1.807) is 17.2 Å². The first-order chi connectivity index (χ1) is 14.0. The number of rotatable bonds is 8. The van der Waals surface area contributed by atoms with Gasteiger partial charge in [-0.1, -0.05) is 48.0 Å². The number of hydrogen-bond donors (Lipinski definition) is 1. The van der Waals surface area contributed by atoms with Crippen molar-refractivity contribution in [3.05, 3.63) is 95.4 Å². The molecule has 1 atom stereocenters. The van der Waals surface area contributed by atoms with Crippen LogP contribution in [-0.4, -0.2) is 23.3 Å². The average molecular weight is 390 g/mol. The standard InChI is InChI=1S/C24H26N2O3/c1-18-10-12-21(13-11-18)24(28)26(19(2)20-7-4-3-5-8-20)15-14-23(27)25-17-22-9-6-16-29-22/h3-13,16,19H,14-15,17H2,1-2H3,(H,25,27). The summed E-state index contributed by atoms with van der Waals surface area (Å²) in [4.78, 5) is 27.3. The molecule has 1 heterocycles. The largest absolute Gasteiger partial charge is 0.467 e. The van der Waals surface area contributed by atoms with Gasteiger partial charge >= 0.3 is 0 Å². The zero-order valence-corrected chi connectivity index (χ0v) is 16.8. The van der Waals surface area contributed by atoms with Crippen molar-refractivity contribution in [3.8, 4) is 0 Å². The van der Waals surface area contributed by atoms with Gasteiger partial charge in [-0.2, -0.15) is 0 Å². The summed E-state index contributed by atoms with van der Waals surface area (Å²) in [6.07, 6.45) is 1.79. The topological polar surface area (TPSA) is 62.6 Å². The minimum Gasteiger partial charge on any atom is -0.467 e. The molecular formula is C24H26N2O3. The Morgan fingerprint density at radius 2 is 1.72 bits per heavy atom. The van der Waals surface area contributed by atoms with Gasteiger partial charge < -0.3 is 14.6 Å². The lowest BCUT2D eigenvalue weighted by molar-refractivity contribution is -0.121. The summed E-state index contributed by atoms with van der Waals surface area (Å²) >= 11 is 0. The summed E-state index contributed by atoms with van der Waals surface area (Å²) in [5, 5.41) is 2.83. The van der Waals surface area contributed by atoms with Crippen LogP contribution in [0, 0.1) is 6.92 Å². The summed E-state index contributed by atoms with van der Waals surface area (Å²) < 4.78 is 5.23. The van der Waals surface area contributed by atoms with E-state index < -0.39 is 0 Å². The first-order valence-corrected chi connectivity index (χ1v) is 9.76. The molecule has 3 aromatic rings. The zero-order chi connectivity index (χ0) is 20.6. The van der Waals surface area contributed by atoms with Crippen LogP contribution in [-0.2, 0) is 11.3 Å². The second kappa shape index (κ2) is 9.73. The molecular weight excluding hydrogens is 364 g/mol. The molecule has 0 fully saturated rings. The first-order valence-electron chi connectivity index (χ1n) is 9.76. The van der Waals surface area contributed by atoms with E-state index in [0.717, 1.165) is 11.1 Å². The van der Waals surface area contributed by atoms with Crippen LogP contribution < -0.4 is 5.32 Å². The number of benzene rings is 2. The van der Waals surface area contributed by atoms with Crippen LogP contribution in [0.4, 0.5) is 0 Å². The lowest BCUT2D eigenvalue weighted by Gasteiger charge is -2.30. The van der Waals surface area contributed by atoms with Crippen LogP contribution in [0.2, 0.25) is 0 Å². The molecule has 0 aliphatic heterocycles. The molecule has 0 saturated carbocycles. The van der Waals surface area contributed by atoms with Gasteiger partial charge in [0.05, 0.1) is 18.8 Å². The Kier molecular flexibility index (Phi) is 6.85. The third kappa shape index (κ3) is 5.57. The lowest BCUT2D eigenvalue weighted by atomic mass is 10.0. The van der Waals surface area contributed by atoms with Crippen LogP contribution in [0.15, 0.2) is 77.4 Å². The predicted octanol–water partition coefficient (Wildman–Crippen LogP) is 4.50.